The fraction of sp³-hybridized carbons (Fsp3) is 0.455. The molecular weight excluding hydrogens is 338 g/mol. The number of nitrogens with zero attached hydrogens (tertiary/aromatic N) is 3. The van der Waals surface area contributed by atoms with E-state index in [4.69, 9.17) is 4.74 Å². The van der Waals surface area contributed by atoms with Crippen molar-refractivity contribution in [2.75, 3.05) is 18.5 Å². The maximum Gasteiger partial charge on any atom is 0.266 e. The van der Waals surface area contributed by atoms with Crippen LogP contribution in [0, 0.1) is 0 Å². The lowest BCUT2D eigenvalue weighted by Crippen LogP contribution is -2.52. The van der Waals surface area contributed by atoms with E-state index in [1.807, 2.05) is 43.4 Å². The average molecular weight is 365 g/mol. The molecule has 1 aliphatic heterocycles. The van der Waals surface area contributed by atoms with Crippen LogP contribution in [0.1, 0.15) is 37.7 Å². The molecule has 1 aliphatic carbocycles. The second-order valence-corrected chi connectivity index (χ2v) is 7.57. The van der Waals surface area contributed by atoms with E-state index in [2.05, 4.69) is 14.8 Å². The smallest absolute Gasteiger partial charge is 0.266 e. The number of ether oxygens (including phenoxy) is 1. The summed E-state index contributed by atoms with van der Waals surface area (Å²) in [4.78, 5) is 21.8. The number of benzene rings is 1. The molecule has 5 heteroatoms. The zero-order valence-electron chi connectivity index (χ0n) is 15.9. The van der Waals surface area contributed by atoms with Crippen LogP contribution in [-0.2, 0) is 11.3 Å². The third-order valence-corrected chi connectivity index (χ3v) is 5.66. The summed E-state index contributed by atoms with van der Waals surface area (Å²) in [7, 11) is 2.02. The van der Waals surface area contributed by atoms with E-state index in [1.165, 1.54) is 19.3 Å². The molecule has 0 spiro atoms. The van der Waals surface area contributed by atoms with Crippen LogP contribution in [0.3, 0.4) is 0 Å². The number of pyridine rings is 1. The highest BCUT2D eigenvalue weighted by atomic mass is 16.5. The largest absolute Gasteiger partial charge is 0.477 e. The van der Waals surface area contributed by atoms with Gasteiger partial charge in [-0.3, -0.25) is 9.78 Å². The van der Waals surface area contributed by atoms with E-state index in [9.17, 15) is 4.79 Å². The minimum atomic E-state index is -0.464. The van der Waals surface area contributed by atoms with Crippen LogP contribution in [0.15, 0.2) is 48.8 Å². The van der Waals surface area contributed by atoms with Gasteiger partial charge in [-0.1, -0.05) is 31.4 Å². The lowest BCUT2D eigenvalue weighted by molar-refractivity contribution is -0.142. The van der Waals surface area contributed by atoms with Crippen molar-refractivity contribution in [2.24, 2.45) is 0 Å². The first kappa shape index (κ1) is 17.8. The van der Waals surface area contributed by atoms with Crippen LogP contribution in [0.25, 0.3) is 0 Å². The van der Waals surface area contributed by atoms with E-state index in [-0.39, 0.29) is 5.91 Å². The summed E-state index contributed by atoms with van der Waals surface area (Å²) in [5.74, 6) is 0.886. The first-order valence-corrected chi connectivity index (χ1v) is 9.88. The summed E-state index contributed by atoms with van der Waals surface area (Å²) < 4.78 is 6.13. The fourth-order valence-corrected chi connectivity index (χ4v) is 4.19. The van der Waals surface area contributed by atoms with Crippen molar-refractivity contribution in [1.82, 2.24) is 9.88 Å². The van der Waals surface area contributed by atoms with Crippen LogP contribution in [-0.4, -0.2) is 41.5 Å². The van der Waals surface area contributed by atoms with Crippen molar-refractivity contribution >= 4 is 11.6 Å². The number of hydrogen-bond donors (Lipinski definition) is 0. The molecule has 2 heterocycles. The first-order chi connectivity index (χ1) is 13.2. The Labute approximate surface area is 161 Å². The Balaban J connectivity index is 1.56. The molecule has 1 atom stereocenters. The van der Waals surface area contributed by atoms with Crippen molar-refractivity contribution < 1.29 is 9.53 Å². The Hall–Kier alpha value is -2.56. The van der Waals surface area contributed by atoms with E-state index in [1.54, 1.807) is 12.4 Å². The molecule has 4 rings (SSSR count). The van der Waals surface area contributed by atoms with Gasteiger partial charge in [-0.2, -0.15) is 0 Å². The number of amides is 1. The number of likely N-dealkylation sites (N-methyl/N-ethyl adjacent to an activating group) is 1. The summed E-state index contributed by atoms with van der Waals surface area (Å²) in [5, 5.41) is 0. The van der Waals surface area contributed by atoms with Crippen molar-refractivity contribution in [3.8, 4) is 5.75 Å². The number of anilines is 1. The molecule has 142 valence electrons. The average Bonchev–Trinajstić information content (AvgIpc) is 2.73. The standard InChI is InChI=1S/C22H27N3O2/c1-24-16-21(27-20-10-6-5-9-19(20)24)22(26)25(18-7-3-2-4-8-18)15-17-11-13-23-14-12-17/h5-6,9-14,18,21H,2-4,7-8,15-16H2,1H3/t21-/m0/s1. The molecule has 27 heavy (non-hydrogen) atoms. The minimum Gasteiger partial charge on any atom is -0.477 e. The van der Waals surface area contributed by atoms with Crippen molar-refractivity contribution in [2.45, 2.75) is 50.8 Å². The Morgan fingerprint density at radius 1 is 1.15 bits per heavy atom. The number of para-hydroxylation sites is 2. The van der Waals surface area contributed by atoms with Gasteiger partial charge in [-0.25, -0.2) is 0 Å². The van der Waals surface area contributed by atoms with Crippen LogP contribution < -0.4 is 9.64 Å². The fourth-order valence-electron chi connectivity index (χ4n) is 4.19. The summed E-state index contributed by atoms with van der Waals surface area (Å²) in [6.45, 7) is 1.20. The van der Waals surface area contributed by atoms with Crippen molar-refractivity contribution in [3.63, 3.8) is 0 Å². The molecule has 0 radical (unpaired) electrons. The highest BCUT2D eigenvalue weighted by Crippen LogP contribution is 2.33. The highest BCUT2D eigenvalue weighted by Gasteiger charge is 2.35. The molecule has 0 bridgehead atoms. The SMILES string of the molecule is CN1C[C@@H](C(=O)N(Cc2ccncc2)C2CCCCC2)Oc2ccccc21. The van der Waals surface area contributed by atoms with Gasteiger partial charge >= 0.3 is 0 Å². The summed E-state index contributed by atoms with van der Waals surface area (Å²) in [6.07, 6.45) is 8.93. The quantitative estimate of drug-likeness (QED) is 0.830. The third kappa shape index (κ3) is 3.92. The molecule has 1 amide bonds. The number of aromatic nitrogens is 1. The molecular formula is C22H27N3O2. The van der Waals surface area contributed by atoms with E-state index >= 15 is 0 Å². The zero-order valence-corrected chi connectivity index (χ0v) is 15.9. The number of carbonyl (C=O) groups excluding carboxylic acids is 1. The van der Waals surface area contributed by atoms with E-state index in [0.29, 0.717) is 19.1 Å². The molecule has 0 saturated heterocycles. The maximum absolute atomic E-state index is 13.5. The molecule has 1 fully saturated rings. The predicted octanol–water partition coefficient (Wildman–Crippen LogP) is 3.64. The van der Waals surface area contributed by atoms with Crippen LogP contribution in [0.2, 0.25) is 0 Å². The lowest BCUT2D eigenvalue weighted by Gasteiger charge is -2.39. The Morgan fingerprint density at radius 3 is 2.67 bits per heavy atom. The number of hydrogen-bond acceptors (Lipinski definition) is 4. The van der Waals surface area contributed by atoms with Gasteiger partial charge < -0.3 is 14.5 Å². The number of carbonyl (C=O) groups is 1. The van der Waals surface area contributed by atoms with Gasteiger partial charge in [0.05, 0.1) is 12.2 Å². The predicted molar refractivity (Wildman–Crippen MR) is 106 cm³/mol. The molecule has 0 N–H and O–H groups in total. The first-order valence-electron chi connectivity index (χ1n) is 9.88. The molecule has 2 aromatic rings. The Bertz CT molecular complexity index is 774. The summed E-state index contributed by atoms with van der Waals surface area (Å²) >= 11 is 0. The van der Waals surface area contributed by atoms with Crippen LogP contribution in [0.4, 0.5) is 5.69 Å². The van der Waals surface area contributed by atoms with E-state index in [0.717, 1.165) is 29.8 Å². The minimum absolute atomic E-state index is 0.0973. The molecule has 1 aromatic heterocycles. The summed E-state index contributed by atoms with van der Waals surface area (Å²) in [5.41, 5.74) is 2.16. The summed E-state index contributed by atoms with van der Waals surface area (Å²) in [6, 6.07) is 12.2. The zero-order chi connectivity index (χ0) is 18.6. The molecule has 1 aromatic carbocycles. The molecule has 1 saturated carbocycles. The van der Waals surface area contributed by atoms with Crippen molar-refractivity contribution in [1.29, 1.82) is 0 Å². The van der Waals surface area contributed by atoms with E-state index < -0.39 is 6.10 Å². The molecule has 0 unspecified atom stereocenters. The van der Waals surface area contributed by atoms with Crippen LogP contribution >= 0.6 is 0 Å². The van der Waals surface area contributed by atoms with Gasteiger partial charge in [-0.05, 0) is 42.7 Å². The maximum atomic E-state index is 13.5. The van der Waals surface area contributed by atoms with Crippen LogP contribution in [0.5, 0.6) is 5.75 Å². The Kier molecular flexibility index (Phi) is 5.28. The van der Waals surface area contributed by atoms with Gasteiger partial charge in [-0.15, -0.1) is 0 Å². The second kappa shape index (κ2) is 7.99. The van der Waals surface area contributed by atoms with Gasteiger partial charge in [0.2, 0.25) is 0 Å². The normalized spacial score (nSPS) is 19.9. The van der Waals surface area contributed by atoms with Crippen molar-refractivity contribution in [3.05, 3.63) is 54.4 Å². The Morgan fingerprint density at radius 2 is 1.89 bits per heavy atom. The van der Waals surface area contributed by atoms with Gasteiger partial charge in [0.25, 0.3) is 5.91 Å². The van der Waals surface area contributed by atoms with Gasteiger partial charge in [0, 0.05) is 32.0 Å². The lowest BCUT2D eigenvalue weighted by atomic mass is 9.93. The topological polar surface area (TPSA) is 45.7 Å². The third-order valence-electron chi connectivity index (χ3n) is 5.66. The van der Waals surface area contributed by atoms with Gasteiger partial charge in [0.1, 0.15) is 5.75 Å². The number of rotatable bonds is 4. The second-order valence-electron chi connectivity index (χ2n) is 7.57. The molecule has 2 aliphatic rings. The van der Waals surface area contributed by atoms with Gasteiger partial charge in [0.15, 0.2) is 6.10 Å². The number of fused-ring (bicyclic) bond motifs is 1. The molecule has 5 nitrogen and oxygen atoms in total. The monoisotopic (exact) mass is 365 g/mol. The highest BCUT2D eigenvalue weighted by molar-refractivity contribution is 5.83.